The normalized spacial score (nSPS) is 17.9. The Labute approximate surface area is 141 Å². The maximum Gasteiger partial charge on any atom is 0.193 e. The largest absolute Gasteiger partial charge is 0.507 e. The van der Waals surface area contributed by atoms with E-state index in [1.807, 2.05) is 44.2 Å². The lowest BCUT2D eigenvalue weighted by atomic mass is 9.95. The number of carbonyl (C=O) groups is 1. The predicted molar refractivity (Wildman–Crippen MR) is 93.1 cm³/mol. The fourth-order valence-electron chi connectivity index (χ4n) is 3.32. The molecule has 1 N–H and O–H groups in total. The number of carbonyl (C=O) groups excluding carboxylic acids is 1. The van der Waals surface area contributed by atoms with Crippen molar-refractivity contribution in [3.8, 4) is 17.2 Å². The van der Waals surface area contributed by atoms with Crippen molar-refractivity contribution in [3.63, 3.8) is 0 Å². The Hall–Kier alpha value is -2.75. The first-order chi connectivity index (χ1) is 11.5. The average Bonchev–Trinajstić information content (AvgIpc) is 2.84. The van der Waals surface area contributed by atoms with Gasteiger partial charge in [-0.25, -0.2) is 0 Å². The van der Waals surface area contributed by atoms with E-state index in [9.17, 15) is 9.90 Å². The molecule has 0 radical (unpaired) electrons. The summed E-state index contributed by atoms with van der Waals surface area (Å²) in [5.41, 5.74) is 3.87. The number of phenolic OH excluding ortho intramolecular Hbond substituents is 1. The molecule has 4 heteroatoms. The molecule has 1 aliphatic rings. The molecule has 3 rings (SSSR count). The molecule has 2 aromatic carbocycles. The zero-order valence-corrected chi connectivity index (χ0v) is 14.2. The fraction of sp³-hybridized carbons (Fsp3) is 0.250. The number of Topliss-reactive ketones (excluding diaryl/α,β-unsaturated/α-hetero) is 1. The summed E-state index contributed by atoms with van der Waals surface area (Å²) in [6.45, 7) is 3.95. The van der Waals surface area contributed by atoms with E-state index in [-0.39, 0.29) is 17.5 Å². The number of hydrogen-bond acceptors (Lipinski definition) is 4. The lowest BCUT2D eigenvalue weighted by molar-refractivity contribution is 0.103. The van der Waals surface area contributed by atoms with Gasteiger partial charge in [0.2, 0.25) is 0 Å². The number of benzene rings is 2. The molecular weight excluding hydrogens is 304 g/mol. The van der Waals surface area contributed by atoms with Crippen molar-refractivity contribution < 1.29 is 19.4 Å². The molecule has 0 bridgehead atoms. The van der Waals surface area contributed by atoms with Gasteiger partial charge in [0.15, 0.2) is 17.3 Å². The lowest BCUT2D eigenvalue weighted by Gasteiger charge is -2.10. The minimum atomic E-state index is -0.117. The summed E-state index contributed by atoms with van der Waals surface area (Å²) in [7, 11) is 3.16. The Morgan fingerprint density at radius 2 is 1.79 bits per heavy atom. The van der Waals surface area contributed by atoms with Crippen LogP contribution in [0.4, 0.5) is 0 Å². The molecule has 1 aliphatic carbocycles. The number of methoxy groups -OCH3 is 2. The second kappa shape index (κ2) is 6.04. The van der Waals surface area contributed by atoms with Crippen molar-refractivity contribution in [1.29, 1.82) is 0 Å². The maximum absolute atomic E-state index is 12.8. The van der Waals surface area contributed by atoms with Gasteiger partial charge in [-0.2, -0.15) is 0 Å². The molecule has 0 aromatic heterocycles. The summed E-state index contributed by atoms with van der Waals surface area (Å²) in [5, 5.41) is 10.1. The highest BCUT2D eigenvalue weighted by atomic mass is 16.5. The smallest absolute Gasteiger partial charge is 0.193 e. The van der Waals surface area contributed by atoms with Crippen LogP contribution >= 0.6 is 0 Å². The third-order valence-electron chi connectivity index (χ3n) is 4.56. The topological polar surface area (TPSA) is 55.8 Å². The van der Waals surface area contributed by atoms with Gasteiger partial charge in [0.1, 0.15) is 5.75 Å². The van der Waals surface area contributed by atoms with Crippen molar-refractivity contribution in [3.05, 3.63) is 58.2 Å². The first-order valence-corrected chi connectivity index (χ1v) is 7.78. The standard InChI is InChI=1S/C20H20O4/c1-11-5-7-15(21)19-18(11)12(2)14(20(19)22)9-13-6-8-16(23-3)17(10-13)24-4/h5-10,12,21H,1-4H3. The quantitative estimate of drug-likeness (QED) is 0.864. The Morgan fingerprint density at radius 1 is 1.08 bits per heavy atom. The number of phenols is 1. The Balaban J connectivity index is 2.08. The van der Waals surface area contributed by atoms with E-state index in [0.717, 1.165) is 16.7 Å². The first-order valence-electron chi connectivity index (χ1n) is 7.78. The monoisotopic (exact) mass is 324 g/mol. The van der Waals surface area contributed by atoms with Crippen LogP contribution in [0, 0.1) is 6.92 Å². The molecule has 0 aliphatic heterocycles. The van der Waals surface area contributed by atoms with Crippen LogP contribution in [0.1, 0.15) is 39.9 Å². The molecule has 124 valence electrons. The molecule has 0 saturated heterocycles. The predicted octanol–water partition coefficient (Wildman–Crippen LogP) is 4.10. The van der Waals surface area contributed by atoms with Crippen LogP contribution in [0.15, 0.2) is 35.9 Å². The van der Waals surface area contributed by atoms with Gasteiger partial charge in [0.25, 0.3) is 0 Å². The third kappa shape index (κ3) is 2.44. The average molecular weight is 324 g/mol. The summed E-state index contributed by atoms with van der Waals surface area (Å²) >= 11 is 0. The van der Waals surface area contributed by atoms with E-state index in [1.54, 1.807) is 20.3 Å². The minimum absolute atomic E-state index is 0.0446. The SMILES string of the molecule is COc1ccc(C=C2C(=O)c3c(O)ccc(C)c3C2C)cc1OC. The van der Waals surface area contributed by atoms with Crippen LogP contribution in [-0.2, 0) is 0 Å². The van der Waals surface area contributed by atoms with Crippen LogP contribution in [-0.4, -0.2) is 25.1 Å². The number of ether oxygens (including phenoxy) is 2. The zero-order valence-electron chi connectivity index (χ0n) is 14.2. The van der Waals surface area contributed by atoms with E-state index in [4.69, 9.17) is 9.47 Å². The molecule has 2 aromatic rings. The van der Waals surface area contributed by atoms with Crippen molar-refractivity contribution in [2.45, 2.75) is 19.8 Å². The zero-order chi connectivity index (χ0) is 17.4. The number of ketones is 1. The van der Waals surface area contributed by atoms with E-state index in [2.05, 4.69) is 0 Å². The van der Waals surface area contributed by atoms with Gasteiger partial charge >= 0.3 is 0 Å². The highest BCUT2D eigenvalue weighted by Crippen LogP contribution is 2.44. The summed E-state index contributed by atoms with van der Waals surface area (Å²) in [5.74, 6) is 1.12. The second-order valence-corrected chi connectivity index (χ2v) is 5.96. The molecule has 0 amide bonds. The van der Waals surface area contributed by atoms with Crippen molar-refractivity contribution in [2.75, 3.05) is 14.2 Å². The van der Waals surface area contributed by atoms with Crippen molar-refractivity contribution >= 4 is 11.9 Å². The van der Waals surface area contributed by atoms with Crippen LogP contribution in [0.3, 0.4) is 0 Å². The van der Waals surface area contributed by atoms with Gasteiger partial charge in [0.05, 0.1) is 19.8 Å². The second-order valence-electron chi connectivity index (χ2n) is 5.96. The minimum Gasteiger partial charge on any atom is -0.507 e. The molecule has 0 fully saturated rings. The Bertz CT molecular complexity index is 849. The number of rotatable bonds is 3. The van der Waals surface area contributed by atoms with Gasteiger partial charge in [-0.1, -0.05) is 19.1 Å². The van der Waals surface area contributed by atoms with Crippen LogP contribution in [0.5, 0.6) is 17.2 Å². The summed E-state index contributed by atoms with van der Waals surface area (Å²) in [6.07, 6.45) is 1.86. The molecular formula is C20H20O4. The summed E-state index contributed by atoms with van der Waals surface area (Å²) < 4.78 is 10.6. The Kier molecular flexibility index (Phi) is 4.06. The number of allylic oxidation sites excluding steroid dienone is 1. The summed E-state index contributed by atoms with van der Waals surface area (Å²) in [4.78, 5) is 12.8. The molecule has 24 heavy (non-hydrogen) atoms. The fourth-order valence-corrected chi connectivity index (χ4v) is 3.32. The maximum atomic E-state index is 12.8. The van der Waals surface area contributed by atoms with Gasteiger partial charge < -0.3 is 14.6 Å². The number of fused-ring (bicyclic) bond motifs is 1. The van der Waals surface area contributed by atoms with Crippen molar-refractivity contribution in [1.82, 2.24) is 0 Å². The van der Waals surface area contributed by atoms with Crippen LogP contribution in [0.2, 0.25) is 0 Å². The third-order valence-corrected chi connectivity index (χ3v) is 4.56. The van der Waals surface area contributed by atoms with Gasteiger partial charge in [-0.05, 0) is 47.9 Å². The van der Waals surface area contributed by atoms with E-state index >= 15 is 0 Å². The molecule has 0 saturated carbocycles. The van der Waals surface area contributed by atoms with Gasteiger partial charge in [-0.15, -0.1) is 0 Å². The number of hydrogen-bond donors (Lipinski definition) is 1. The molecule has 4 nitrogen and oxygen atoms in total. The molecule has 0 heterocycles. The Morgan fingerprint density at radius 3 is 2.42 bits per heavy atom. The number of aromatic hydroxyl groups is 1. The van der Waals surface area contributed by atoms with E-state index in [0.29, 0.717) is 22.6 Å². The molecule has 0 spiro atoms. The van der Waals surface area contributed by atoms with Crippen LogP contribution < -0.4 is 9.47 Å². The lowest BCUT2D eigenvalue weighted by Crippen LogP contribution is -1.98. The number of aryl methyl sites for hydroxylation is 1. The van der Waals surface area contributed by atoms with Crippen molar-refractivity contribution in [2.24, 2.45) is 0 Å². The highest BCUT2D eigenvalue weighted by Gasteiger charge is 2.35. The summed E-state index contributed by atoms with van der Waals surface area (Å²) in [6, 6.07) is 8.95. The van der Waals surface area contributed by atoms with Crippen LogP contribution in [0.25, 0.3) is 6.08 Å². The molecule has 1 unspecified atom stereocenters. The van der Waals surface area contributed by atoms with E-state index in [1.165, 1.54) is 0 Å². The molecule has 1 atom stereocenters. The van der Waals surface area contributed by atoms with Gasteiger partial charge in [0, 0.05) is 11.5 Å². The van der Waals surface area contributed by atoms with E-state index < -0.39 is 0 Å². The highest BCUT2D eigenvalue weighted by molar-refractivity contribution is 6.18. The van der Waals surface area contributed by atoms with Gasteiger partial charge in [-0.3, -0.25) is 4.79 Å². The first kappa shape index (κ1) is 16.1.